The number of rotatable bonds is 4. The average molecular weight is 405 g/mol. The molecule has 150 valence electrons. The molecule has 0 aliphatic carbocycles. The van der Waals surface area contributed by atoms with Crippen LogP contribution >= 0.6 is 0 Å². The van der Waals surface area contributed by atoms with Gasteiger partial charge in [-0.15, -0.1) is 0 Å². The molecule has 5 nitrogen and oxygen atoms in total. The molecule has 0 saturated heterocycles. The van der Waals surface area contributed by atoms with Gasteiger partial charge in [0.25, 0.3) is 5.69 Å². The largest absolute Gasteiger partial charge is 0.461 e. The fourth-order valence-corrected chi connectivity index (χ4v) is 2.50. The van der Waals surface area contributed by atoms with Crippen molar-refractivity contribution < 1.29 is 40.0 Å². The number of nitrogens with zero attached hydrogens (tertiary/aromatic N) is 2. The molecule has 0 radical (unpaired) electrons. The van der Waals surface area contributed by atoms with Crippen LogP contribution in [-0.2, 0) is 18.5 Å². The lowest BCUT2D eigenvalue weighted by Gasteiger charge is -2.16. The van der Waals surface area contributed by atoms with E-state index in [1.54, 1.807) is 0 Å². The molecule has 0 spiro atoms. The highest BCUT2D eigenvalue weighted by Crippen LogP contribution is 2.45. The summed E-state index contributed by atoms with van der Waals surface area (Å²) in [6.07, 6.45) is -11.6. The SMILES string of the molecule is CC(C)Cc1c(C(F)(F)F)cc([N+](=O)[O-])c2[nH]c(C(F)(F)C(F)(F)F)nc12. The molecular weight excluding hydrogens is 394 g/mol. The second-order valence-corrected chi connectivity index (χ2v) is 6.16. The minimum atomic E-state index is -6.10. The van der Waals surface area contributed by atoms with Gasteiger partial charge in [-0.1, -0.05) is 13.8 Å². The molecule has 27 heavy (non-hydrogen) atoms. The van der Waals surface area contributed by atoms with Crippen molar-refractivity contribution >= 4 is 16.7 Å². The molecule has 0 amide bonds. The van der Waals surface area contributed by atoms with Crippen LogP contribution in [0, 0.1) is 16.0 Å². The molecule has 0 bridgehead atoms. The molecule has 1 aromatic heterocycles. The lowest BCUT2D eigenvalue weighted by atomic mass is 9.95. The molecule has 2 aromatic rings. The third-order valence-corrected chi connectivity index (χ3v) is 3.62. The maximum absolute atomic E-state index is 13.6. The van der Waals surface area contributed by atoms with Gasteiger partial charge in [0.15, 0.2) is 5.82 Å². The van der Waals surface area contributed by atoms with Crippen LogP contribution in [0.1, 0.15) is 30.8 Å². The summed E-state index contributed by atoms with van der Waals surface area (Å²) >= 11 is 0. The summed E-state index contributed by atoms with van der Waals surface area (Å²) in [4.78, 5) is 14.2. The zero-order chi connectivity index (χ0) is 20.9. The summed E-state index contributed by atoms with van der Waals surface area (Å²) in [6, 6.07) is 0.105. The first kappa shape index (κ1) is 20.8. The zero-order valence-corrected chi connectivity index (χ0v) is 13.6. The van der Waals surface area contributed by atoms with Crippen LogP contribution in [0.4, 0.5) is 40.8 Å². The van der Waals surface area contributed by atoms with Gasteiger partial charge in [-0.25, -0.2) is 4.98 Å². The van der Waals surface area contributed by atoms with Crippen molar-refractivity contribution in [3.8, 4) is 0 Å². The third kappa shape index (κ3) is 3.67. The molecule has 0 aliphatic heterocycles. The highest BCUT2D eigenvalue weighted by atomic mass is 19.4. The van der Waals surface area contributed by atoms with Gasteiger partial charge in [0, 0.05) is 6.07 Å². The Balaban J connectivity index is 2.95. The fourth-order valence-electron chi connectivity index (χ4n) is 2.50. The summed E-state index contributed by atoms with van der Waals surface area (Å²) in [6.45, 7) is 2.95. The fraction of sp³-hybridized carbons (Fsp3) is 0.500. The number of H-pyrrole nitrogens is 1. The van der Waals surface area contributed by atoms with E-state index in [0.717, 1.165) is 0 Å². The molecule has 0 aliphatic rings. The Morgan fingerprint density at radius 3 is 2.11 bits per heavy atom. The Morgan fingerprint density at radius 1 is 1.15 bits per heavy atom. The Bertz CT molecular complexity index is 883. The van der Waals surface area contributed by atoms with Gasteiger partial charge in [0.1, 0.15) is 5.52 Å². The maximum atomic E-state index is 13.6. The lowest BCUT2D eigenvalue weighted by molar-refractivity contribution is -0.383. The molecule has 0 unspecified atom stereocenters. The van der Waals surface area contributed by atoms with E-state index in [1.165, 1.54) is 18.8 Å². The van der Waals surface area contributed by atoms with E-state index in [2.05, 4.69) is 4.98 Å². The summed E-state index contributed by atoms with van der Waals surface area (Å²) in [5, 5.41) is 11.1. The van der Waals surface area contributed by atoms with E-state index >= 15 is 0 Å². The number of non-ortho nitro benzene ring substituents is 1. The van der Waals surface area contributed by atoms with E-state index in [9.17, 15) is 45.2 Å². The van der Waals surface area contributed by atoms with Crippen molar-refractivity contribution in [2.75, 3.05) is 0 Å². The number of aromatic amines is 1. The van der Waals surface area contributed by atoms with Crippen LogP contribution in [0.15, 0.2) is 6.07 Å². The van der Waals surface area contributed by atoms with Crippen LogP contribution in [0.5, 0.6) is 0 Å². The van der Waals surface area contributed by atoms with Gasteiger partial charge in [0.05, 0.1) is 16.0 Å². The standard InChI is InChI=1S/C14H11F8N3O2/c1-5(2)3-6-7(13(17,18)19)4-8(25(26)27)10-9(6)23-11(24-10)12(15,16)14(20,21)22/h4-5H,3H2,1-2H3,(H,23,24). The number of hydrogen-bond acceptors (Lipinski definition) is 3. The Kier molecular flexibility index (Phi) is 4.86. The van der Waals surface area contributed by atoms with Crippen molar-refractivity contribution in [3.63, 3.8) is 0 Å². The molecule has 0 fully saturated rings. The molecule has 1 heterocycles. The summed E-state index contributed by atoms with van der Waals surface area (Å²) in [5.41, 5.74) is -5.38. The quantitative estimate of drug-likeness (QED) is 0.424. The van der Waals surface area contributed by atoms with Gasteiger partial charge in [-0.2, -0.15) is 35.1 Å². The smallest absolute Gasteiger partial charge is 0.331 e. The molecule has 0 atom stereocenters. The first-order chi connectivity index (χ1) is 12.1. The highest BCUT2D eigenvalue weighted by molar-refractivity contribution is 5.89. The van der Waals surface area contributed by atoms with Gasteiger partial charge in [0.2, 0.25) is 0 Å². The number of hydrogen-bond donors (Lipinski definition) is 1. The van der Waals surface area contributed by atoms with Crippen molar-refractivity contribution in [1.82, 2.24) is 9.97 Å². The van der Waals surface area contributed by atoms with Gasteiger partial charge in [-0.3, -0.25) is 10.1 Å². The van der Waals surface area contributed by atoms with Crippen LogP contribution in [0.3, 0.4) is 0 Å². The monoisotopic (exact) mass is 405 g/mol. The first-order valence-electron chi connectivity index (χ1n) is 7.29. The number of nitro benzene ring substituents is 1. The molecule has 2 rings (SSSR count). The lowest BCUT2D eigenvalue weighted by Crippen LogP contribution is -2.34. The van der Waals surface area contributed by atoms with Gasteiger partial charge < -0.3 is 4.98 Å². The first-order valence-corrected chi connectivity index (χ1v) is 7.29. The van der Waals surface area contributed by atoms with Crippen LogP contribution in [0.25, 0.3) is 11.0 Å². The molecule has 0 saturated carbocycles. The zero-order valence-electron chi connectivity index (χ0n) is 13.6. The van der Waals surface area contributed by atoms with Gasteiger partial charge >= 0.3 is 18.3 Å². The van der Waals surface area contributed by atoms with Crippen LogP contribution in [-0.4, -0.2) is 21.1 Å². The number of aromatic nitrogens is 2. The van der Waals surface area contributed by atoms with Crippen LogP contribution in [0.2, 0.25) is 0 Å². The number of alkyl halides is 8. The van der Waals surface area contributed by atoms with E-state index in [4.69, 9.17) is 0 Å². The minimum Gasteiger partial charge on any atom is -0.331 e. The predicted molar refractivity (Wildman–Crippen MR) is 76.2 cm³/mol. The Labute approximate surface area is 145 Å². The number of benzene rings is 1. The van der Waals surface area contributed by atoms with E-state index in [0.29, 0.717) is 0 Å². The van der Waals surface area contributed by atoms with E-state index in [-0.39, 0.29) is 6.07 Å². The van der Waals surface area contributed by atoms with Crippen molar-refractivity contribution in [2.45, 2.75) is 38.5 Å². The number of halogens is 8. The van der Waals surface area contributed by atoms with Crippen LogP contribution < -0.4 is 0 Å². The highest BCUT2D eigenvalue weighted by Gasteiger charge is 2.61. The Morgan fingerprint density at radius 2 is 1.70 bits per heavy atom. The third-order valence-electron chi connectivity index (χ3n) is 3.62. The average Bonchev–Trinajstić information content (AvgIpc) is 2.89. The topological polar surface area (TPSA) is 71.8 Å². The predicted octanol–water partition coefficient (Wildman–Crippen LogP) is 5.34. The minimum absolute atomic E-state index is 0.105. The number of nitrogens with one attached hydrogen (secondary N) is 1. The van der Waals surface area contributed by atoms with Gasteiger partial charge in [-0.05, 0) is 17.9 Å². The molecule has 13 heteroatoms. The number of imidazole rings is 1. The number of fused-ring (bicyclic) bond motifs is 1. The summed E-state index contributed by atoms with van der Waals surface area (Å²) < 4.78 is 105. The Hall–Kier alpha value is -2.47. The van der Waals surface area contributed by atoms with Crippen molar-refractivity contribution in [2.24, 2.45) is 5.92 Å². The normalized spacial score (nSPS) is 13.6. The molecular formula is C14H11F8N3O2. The number of nitro groups is 1. The van der Waals surface area contributed by atoms with E-state index in [1.807, 2.05) is 0 Å². The van der Waals surface area contributed by atoms with Crippen molar-refractivity contribution in [1.29, 1.82) is 0 Å². The maximum Gasteiger partial charge on any atom is 0.461 e. The molecule has 1 N–H and O–H groups in total. The second-order valence-electron chi connectivity index (χ2n) is 6.16. The molecule has 1 aromatic carbocycles. The summed E-state index contributed by atoms with van der Waals surface area (Å²) in [5.74, 6) is -8.02. The van der Waals surface area contributed by atoms with Crippen molar-refractivity contribution in [3.05, 3.63) is 33.1 Å². The summed E-state index contributed by atoms with van der Waals surface area (Å²) in [7, 11) is 0. The van der Waals surface area contributed by atoms with E-state index < -0.39 is 69.2 Å². The second kappa shape index (κ2) is 6.30.